The van der Waals surface area contributed by atoms with Gasteiger partial charge in [0.1, 0.15) is 5.82 Å². The van der Waals surface area contributed by atoms with E-state index in [0.717, 1.165) is 5.56 Å². The lowest BCUT2D eigenvalue weighted by Gasteiger charge is -2.19. The van der Waals surface area contributed by atoms with Gasteiger partial charge in [-0.3, -0.25) is 19.1 Å². The summed E-state index contributed by atoms with van der Waals surface area (Å²) < 4.78 is 15.3. The molecular formula is C30H30FN3O6. The van der Waals surface area contributed by atoms with E-state index in [2.05, 4.69) is 4.98 Å². The standard InChI is InChI=1S/C30H30FN3O6/c1-17(2)27-23(13-12-21(35)14-22(36)15-24(37)38)25(19-8-10-20(31)11-9-19)26-28(32-27)34(30(40)33-29(26)39)16-18-6-4-3-5-7-18/h3-13,17,21-22,35-36H,14-16H2,1-2H3,(H,37,38)(H,33,39,40). The molecule has 208 valence electrons. The van der Waals surface area contributed by atoms with Crippen molar-refractivity contribution in [1.82, 2.24) is 14.5 Å². The predicted molar refractivity (Wildman–Crippen MR) is 150 cm³/mol. The summed E-state index contributed by atoms with van der Waals surface area (Å²) in [5.74, 6) is -1.86. The molecule has 0 radical (unpaired) electrons. The number of nitrogens with zero attached hydrogens (tertiary/aromatic N) is 2. The van der Waals surface area contributed by atoms with E-state index in [-0.39, 0.29) is 29.9 Å². The Labute approximate surface area is 228 Å². The number of fused-ring (bicyclic) bond motifs is 1. The van der Waals surface area contributed by atoms with Crippen LogP contribution in [0, 0.1) is 5.82 Å². The first-order valence-electron chi connectivity index (χ1n) is 12.8. The van der Waals surface area contributed by atoms with Crippen molar-refractivity contribution in [3.05, 3.63) is 104 Å². The number of aromatic nitrogens is 3. The van der Waals surface area contributed by atoms with E-state index >= 15 is 0 Å². The minimum atomic E-state index is -1.26. The largest absolute Gasteiger partial charge is 0.481 e. The number of carboxylic acid groups (broad SMARTS) is 1. The van der Waals surface area contributed by atoms with Crippen LogP contribution in [0.15, 0.2) is 70.3 Å². The maximum Gasteiger partial charge on any atom is 0.330 e. The molecule has 9 nitrogen and oxygen atoms in total. The van der Waals surface area contributed by atoms with Gasteiger partial charge in [0, 0.05) is 17.5 Å². The highest BCUT2D eigenvalue weighted by atomic mass is 19.1. The van der Waals surface area contributed by atoms with Crippen LogP contribution in [-0.2, 0) is 11.3 Å². The number of carboxylic acids is 1. The molecule has 0 saturated carbocycles. The monoisotopic (exact) mass is 547 g/mol. The van der Waals surface area contributed by atoms with Crippen molar-refractivity contribution in [3.8, 4) is 11.1 Å². The molecule has 4 aromatic rings. The smallest absolute Gasteiger partial charge is 0.330 e. The lowest BCUT2D eigenvalue weighted by atomic mass is 9.91. The number of hydrogen-bond acceptors (Lipinski definition) is 6. The van der Waals surface area contributed by atoms with Gasteiger partial charge in [-0.15, -0.1) is 0 Å². The number of nitrogens with one attached hydrogen (secondary N) is 1. The van der Waals surface area contributed by atoms with Gasteiger partial charge in [-0.1, -0.05) is 68.5 Å². The molecule has 0 aliphatic heterocycles. The molecule has 4 rings (SSSR count). The highest BCUT2D eigenvalue weighted by Gasteiger charge is 2.23. The Kier molecular flexibility index (Phi) is 8.71. The van der Waals surface area contributed by atoms with Gasteiger partial charge in [0.2, 0.25) is 0 Å². The van der Waals surface area contributed by atoms with Crippen LogP contribution in [0.5, 0.6) is 0 Å². The summed E-state index contributed by atoms with van der Waals surface area (Å²) in [6, 6.07) is 14.8. The molecule has 2 atom stereocenters. The first-order chi connectivity index (χ1) is 19.0. The van der Waals surface area contributed by atoms with Crippen LogP contribution in [0.2, 0.25) is 0 Å². The van der Waals surface area contributed by atoms with Gasteiger partial charge in [-0.2, -0.15) is 0 Å². The van der Waals surface area contributed by atoms with E-state index in [1.807, 2.05) is 44.2 Å². The number of aliphatic hydroxyl groups excluding tert-OH is 2. The van der Waals surface area contributed by atoms with Gasteiger partial charge in [-0.05, 0) is 29.2 Å². The number of halogens is 1. The van der Waals surface area contributed by atoms with E-state index in [4.69, 9.17) is 10.1 Å². The van der Waals surface area contributed by atoms with Gasteiger partial charge >= 0.3 is 11.7 Å². The second-order valence-electron chi connectivity index (χ2n) is 9.89. The molecule has 2 heterocycles. The van der Waals surface area contributed by atoms with Gasteiger partial charge < -0.3 is 15.3 Å². The van der Waals surface area contributed by atoms with Crippen LogP contribution in [0.25, 0.3) is 28.2 Å². The number of H-pyrrole nitrogens is 1. The number of carbonyl (C=O) groups is 1. The van der Waals surface area contributed by atoms with E-state index < -0.39 is 41.7 Å². The number of aromatic amines is 1. The zero-order valence-corrected chi connectivity index (χ0v) is 22.0. The highest BCUT2D eigenvalue weighted by molar-refractivity contribution is 5.97. The Morgan fingerprint density at radius 2 is 1.75 bits per heavy atom. The minimum Gasteiger partial charge on any atom is -0.481 e. The van der Waals surface area contributed by atoms with Gasteiger partial charge in [0.05, 0.1) is 36.3 Å². The van der Waals surface area contributed by atoms with E-state index in [9.17, 15) is 29.0 Å². The third-order valence-electron chi connectivity index (χ3n) is 6.47. The number of pyridine rings is 1. The zero-order chi connectivity index (χ0) is 29.0. The molecule has 10 heteroatoms. The lowest BCUT2D eigenvalue weighted by molar-refractivity contribution is -0.139. The molecule has 0 aliphatic rings. The van der Waals surface area contributed by atoms with E-state index in [1.165, 1.54) is 34.9 Å². The Morgan fingerprint density at radius 3 is 2.38 bits per heavy atom. The summed E-state index contributed by atoms with van der Waals surface area (Å²) in [4.78, 5) is 44.4. The van der Waals surface area contributed by atoms with Crippen molar-refractivity contribution in [1.29, 1.82) is 0 Å². The minimum absolute atomic E-state index is 0.117. The zero-order valence-electron chi connectivity index (χ0n) is 22.0. The van der Waals surface area contributed by atoms with E-state index in [1.54, 1.807) is 6.08 Å². The van der Waals surface area contributed by atoms with Crippen LogP contribution >= 0.6 is 0 Å². The van der Waals surface area contributed by atoms with Crippen molar-refractivity contribution in [3.63, 3.8) is 0 Å². The third kappa shape index (κ3) is 6.41. The summed E-state index contributed by atoms with van der Waals surface area (Å²) >= 11 is 0. The maximum absolute atomic E-state index is 13.9. The predicted octanol–water partition coefficient (Wildman–Crippen LogP) is 3.66. The first-order valence-corrected chi connectivity index (χ1v) is 12.8. The highest BCUT2D eigenvalue weighted by Crippen LogP contribution is 2.35. The van der Waals surface area contributed by atoms with Crippen LogP contribution in [0.1, 0.15) is 49.4 Å². The summed E-state index contributed by atoms with van der Waals surface area (Å²) in [7, 11) is 0. The van der Waals surface area contributed by atoms with Gasteiger partial charge in [0.25, 0.3) is 5.56 Å². The topological polar surface area (TPSA) is 146 Å². The number of aliphatic hydroxyl groups is 2. The number of hydrogen-bond donors (Lipinski definition) is 4. The second kappa shape index (κ2) is 12.2. The van der Waals surface area contributed by atoms with Crippen LogP contribution in [0.4, 0.5) is 4.39 Å². The quantitative estimate of drug-likeness (QED) is 0.237. The van der Waals surface area contributed by atoms with Gasteiger partial charge in [0.15, 0.2) is 5.65 Å². The van der Waals surface area contributed by atoms with Crippen molar-refractivity contribution in [2.45, 2.75) is 51.4 Å². The Balaban J connectivity index is 1.99. The van der Waals surface area contributed by atoms with Crippen molar-refractivity contribution in [2.75, 3.05) is 0 Å². The maximum atomic E-state index is 13.9. The fourth-order valence-corrected chi connectivity index (χ4v) is 4.63. The molecule has 0 saturated heterocycles. The number of aliphatic carboxylic acids is 1. The molecule has 0 spiro atoms. The molecular weight excluding hydrogens is 517 g/mol. The van der Waals surface area contributed by atoms with E-state index in [0.29, 0.717) is 22.4 Å². The van der Waals surface area contributed by atoms with Crippen molar-refractivity contribution >= 4 is 23.1 Å². The van der Waals surface area contributed by atoms with Crippen LogP contribution in [-0.4, -0.2) is 48.0 Å². The summed E-state index contributed by atoms with van der Waals surface area (Å²) in [5, 5.41) is 29.5. The summed E-state index contributed by atoms with van der Waals surface area (Å²) in [6.07, 6.45) is -0.246. The molecule has 4 N–H and O–H groups in total. The third-order valence-corrected chi connectivity index (χ3v) is 6.47. The molecule has 2 unspecified atom stereocenters. The first kappa shape index (κ1) is 28.6. The van der Waals surface area contributed by atoms with Crippen LogP contribution in [0.3, 0.4) is 0 Å². The van der Waals surface area contributed by atoms with Crippen molar-refractivity contribution in [2.24, 2.45) is 0 Å². The average Bonchev–Trinajstić information content (AvgIpc) is 2.89. The summed E-state index contributed by atoms with van der Waals surface area (Å²) in [6.45, 7) is 3.93. The molecule has 40 heavy (non-hydrogen) atoms. The molecule has 2 aromatic heterocycles. The number of rotatable bonds is 10. The molecule has 0 aliphatic carbocycles. The Morgan fingerprint density at radius 1 is 1.07 bits per heavy atom. The Bertz CT molecular complexity index is 1660. The normalized spacial score (nSPS) is 13.2. The SMILES string of the molecule is CC(C)c1nc2c(c(-c3ccc(F)cc3)c1C=CC(O)CC(O)CC(=O)O)c(=O)[nH]c(=O)n2Cc1ccccc1. The van der Waals surface area contributed by atoms with Gasteiger partial charge in [-0.25, -0.2) is 14.2 Å². The number of benzene rings is 2. The molecule has 0 amide bonds. The average molecular weight is 548 g/mol. The molecule has 0 fully saturated rings. The molecule has 2 aromatic carbocycles. The lowest BCUT2D eigenvalue weighted by Crippen LogP contribution is -2.32. The second-order valence-corrected chi connectivity index (χ2v) is 9.89. The fourth-order valence-electron chi connectivity index (χ4n) is 4.63. The van der Waals surface area contributed by atoms with Crippen LogP contribution < -0.4 is 11.2 Å². The fraction of sp³-hybridized carbons (Fsp3) is 0.267. The van der Waals surface area contributed by atoms with Crippen molar-refractivity contribution < 1.29 is 24.5 Å². The molecule has 0 bridgehead atoms. The Hall–Kier alpha value is -4.41. The summed E-state index contributed by atoms with van der Waals surface area (Å²) in [5.41, 5.74) is 1.57.